The smallest absolute Gasteiger partial charge is 0.0879 e. The fourth-order valence-corrected chi connectivity index (χ4v) is 3.38. The molecule has 0 aromatic carbocycles. The maximum Gasteiger partial charge on any atom is 0.0879 e. The van der Waals surface area contributed by atoms with Crippen molar-refractivity contribution < 1.29 is 14.2 Å². The zero-order chi connectivity index (χ0) is 11.6. The normalized spacial score (nSPS) is 37.4. The van der Waals surface area contributed by atoms with Crippen molar-refractivity contribution in [2.75, 3.05) is 39.6 Å². The summed E-state index contributed by atoms with van der Waals surface area (Å²) in [4.78, 5) is 0. The number of rotatable bonds is 2. The molecule has 0 aromatic heterocycles. The molecular weight excluding hydrogens is 218 g/mol. The predicted octanol–water partition coefficient (Wildman–Crippen LogP) is 0.951. The average molecular weight is 241 g/mol. The van der Waals surface area contributed by atoms with Crippen molar-refractivity contribution in [3.05, 3.63) is 0 Å². The summed E-state index contributed by atoms with van der Waals surface area (Å²) in [6.07, 6.45) is 4.49. The Morgan fingerprint density at radius 2 is 1.94 bits per heavy atom. The van der Waals surface area contributed by atoms with Gasteiger partial charge in [0.15, 0.2) is 0 Å². The minimum Gasteiger partial charge on any atom is -0.381 e. The zero-order valence-electron chi connectivity index (χ0n) is 10.5. The van der Waals surface area contributed by atoms with Crippen LogP contribution in [0.25, 0.3) is 0 Å². The summed E-state index contributed by atoms with van der Waals surface area (Å²) in [6, 6.07) is 0.492. The second-order valence-corrected chi connectivity index (χ2v) is 5.50. The summed E-state index contributed by atoms with van der Waals surface area (Å²) >= 11 is 0. The van der Waals surface area contributed by atoms with E-state index >= 15 is 0 Å². The van der Waals surface area contributed by atoms with Gasteiger partial charge in [-0.2, -0.15) is 0 Å². The fraction of sp³-hybridized carbons (Fsp3) is 1.00. The first-order valence-corrected chi connectivity index (χ1v) is 6.92. The number of nitrogens with one attached hydrogen (secondary N) is 1. The Hall–Kier alpha value is -0.160. The van der Waals surface area contributed by atoms with Crippen LogP contribution in [0.15, 0.2) is 0 Å². The van der Waals surface area contributed by atoms with Crippen molar-refractivity contribution >= 4 is 0 Å². The van der Waals surface area contributed by atoms with Crippen LogP contribution in [0, 0.1) is 5.92 Å². The fourth-order valence-electron chi connectivity index (χ4n) is 3.38. The lowest BCUT2D eigenvalue weighted by Crippen LogP contribution is -2.60. The lowest BCUT2D eigenvalue weighted by atomic mass is 9.80. The van der Waals surface area contributed by atoms with E-state index in [4.69, 9.17) is 14.2 Å². The highest BCUT2D eigenvalue weighted by Crippen LogP contribution is 2.35. The molecule has 2 atom stereocenters. The van der Waals surface area contributed by atoms with Gasteiger partial charge in [-0.3, -0.25) is 0 Å². The van der Waals surface area contributed by atoms with Crippen molar-refractivity contribution in [1.82, 2.24) is 5.32 Å². The van der Waals surface area contributed by atoms with Crippen LogP contribution in [0.1, 0.15) is 25.7 Å². The van der Waals surface area contributed by atoms with Gasteiger partial charge in [0.25, 0.3) is 0 Å². The van der Waals surface area contributed by atoms with Crippen molar-refractivity contribution in [3.63, 3.8) is 0 Å². The molecule has 3 aliphatic rings. The highest BCUT2D eigenvalue weighted by Gasteiger charge is 2.44. The van der Waals surface area contributed by atoms with Gasteiger partial charge in [-0.05, 0) is 18.8 Å². The summed E-state index contributed by atoms with van der Waals surface area (Å²) < 4.78 is 17.1. The van der Waals surface area contributed by atoms with E-state index in [1.54, 1.807) is 0 Å². The zero-order valence-corrected chi connectivity index (χ0v) is 10.5. The molecule has 0 aliphatic carbocycles. The van der Waals surface area contributed by atoms with E-state index in [1.165, 1.54) is 12.8 Å². The molecule has 0 radical (unpaired) electrons. The van der Waals surface area contributed by atoms with Gasteiger partial charge < -0.3 is 19.5 Å². The molecule has 0 saturated carbocycles. The van der Waals surface area contributed by atoms with Gasteiger partial charge in [-0.15, -0.1) is 0 Å². The van der Waals surface area contributed by atoms with Crippen LogP contribution in [-0.4, -0.2) is 51.2 Å². The molecule has 1 N–H and O–H groups in total. The third-order valence-corrected chi connectivity index (χ3v) is 4.45. The highest BCUT2D eigenvalue weighted by atomic mass is 16.5. The molecule has 3 aliphatic heterocycles. The summed E-state index contributed by atoms with van der Waals surface area (Å²) in [5.74, 6) is 0.717. The van der Waals surface area contributed by atoms with Gasteiger partial charge in [-0.25, -0.2) is 0 Å². The van der Waals surface area contributed by atoms with Gasteiger partial charge in [0.05, 0.1) is 12.2 Å². The Morgan fingerprint density at radius 3 is 2.71 bits per heavy atom. The SMILES string of the molecule is C1COC2(CCOCC2)C(CC2CCOC2)N1. The molecule has 0 aromatic rings. The Bertz CT molecular complexity index is 239. The number of hydrogen-bond acceptors (Lipinski definition) is 4. The predicted molar refractivity (Wildman–Crippen MR) is 64.1 cm³/mol. The van der Waals surface area contributed by atoms with E-state index < -0.39 is 0 Å². The van der Waals surface area contributed by atoms with Gasteiger partial charge >= 0.3 is 0 Å². The Kier molecular flexibility index (Phi) is 3.66. The van der Waals surface area contributed by atoms with E-state index in [0.29, 0.717) is 12.0 Å². The first kappa shape index (κ1) is 11.9. The molecule has 4 nitrogen and oxygen atoms in total. The van der Waals surface area contributed by atoms with Crippen LogP contribution < -0.4 is 5.32 Å². The van der Waals surface area contributed by atoms with E-state index in [0.717, 1.165) is 52.4 Å². The first-order chi connectivity index (χ1) is 8.39. The third kappa shape index (κ3) is 2.50. The second kappa shape index (κ2) is 5.22. The molecule has 1 spiro atoms. The van der Waals surface area contributed by atoms with Crippen LogP contribution in [0.3, 0.4) is 0 Å². The molecule has 3 fully saturated rings. The number of hydrogen-bond donors (Lipinski definition) is 1. The molecule has 0 amide bonds. The largest absolute Gasteiger partial charge is 0.381 e. The molecule has 17 heavy (non-hydrogen) atoms. The summed E-state index contributed by atoms with van der Waals surface area (Å²) in [6.45, 7) is 5.40. The molecule has 2 unspecified atom stereocenters. The quantitative estimate of drug-likeness (QED) is 0.781. The van der Waals surface area contributed by atoms with Crippen molar-refractivity contribution in [2.24, 2.45) is 5.92 Å². The monoisotopic (exact) mass is 241 g/mol. The summed E-state index contributed by atoms with van der Waals surface area (Å²) in [5.41, 5.74) is 0.0408. The third-order valence-electron chi connectivity index (χ3n) is 4.45. The standard InChI is InChI=1S/C13H23NO3/c1-5-16-10-11(1)9-12-13(17-8-4-14-12)2-6-15-7-3-13/h11-12,14H,1-10H2. The van der Waals surface area contributed by atoms with Crippen LogP contribution in [0.4, 0.5) is 0 Å². The lowest BCUT2D eigenvalue weighted by Gasteiger charge is -2.47. The van der Waals surface area contributed by atoms with Crippen LogP contribution >= 0.6 is 0 Å². The molecule has 0 bridgehead atoms. The van der Waals surface area contributed by atoms with Gasteiger partial charge in [0.2, 0.25) is 0 Å². The van der Waals surface area contributed by atoms with E-state index in [9.17, 15) is 0 Å². The minimum atomic E-state index is 0.0408. The first-order valence-electron chi connectivity index (χ1n) is 6.92. The Morgan fingerprint density at radius 1 is 1.06 bits per heavy atom. The summed E-state index contributed by atoms with van der Waals surface area (Å²) in [7, 11) is 0. The van der Waals surface area contributed by atoms with Gasteiger partial charge in [0, 0.05) is 51.9 Å². The topological polar surface area (TPSA) is 39.7 Å². The van der Waals surface area contributed by atoms with E-state index in [1.807, 2.05) is 0 Å². The van der Waals surface area contributed by atoms with Crippen molar-refractivity contribution in [3.8, 4) is 0 Å². The molecule has 4 heteroatoms. The van der Waals surface area contributed by atoms with Crippen LogP contribution in [-0.2, 0) is 14.2 Å². The van der Waals surface area contributed by atoms with Crippen LogP contribution in [0.2, 0.25) is 0 Å². The molecule has 98 valence electrons. The number of ether oxygens (including phenoxy) is 3. The Labute approximate surface area is 103 Å². The molecule has 3 heterocycles. The Balaban J connectivity index is 1.65. The van der Waals surface area contributed by atoms with Crippen molar-refractivity contribution in [1.29, 1.82) is 0 Å². The maximum atomic E-state index is 6.15. The average Bonchev–Trinajstić information content (AvgIpc) is 2.86. The molecular formula is C13H23NO3. The van der Waals surface area contributed by atoms with E-state index in [2.05, 4.69) is 5.32 Å². The number of morpholine rings is 1. The second-order valence-electron chi connectivity index (χ2n) is 5.50. The lowest BCUT2D eigenvalue weighted by molar-refractivity contribution is -0.151. The van der Waals surface area contributed by atoms with E-state index in [-0.39, 0.29) is 5.60 Å². The summed E-state index contributed by atoms with van der Waals surface area (Å²) in [5, 5.41) is 3.67. The van der Waals surface area contributed by atoms with Crippen LogP contribution in [0.5, 0.6) is 0 Å². The van der Waals surface area contributed by atoms with Gasteiger partial charge in [-0.1, -0.05) is 0 Å². The highest BCUT2D eigenvalue weighted by molar-refractivity contribution is 4.98. The maximum absolute atomic E-state index is 6.15. The molecule has 3 saturated heterocycles. The van der Waals surface area contributed by atoms with Gasteiger partial charge in [0.1, 0.15) is 0 Å². The minimum absolute atomic E-state index is 0.0408. The molecule has 3 rings (SSSR count). The van der Waals surface area contributed by atoms with Crippen molar-refractivity contribution in [2.45, 2.75) is 37.3 Å².